The van der Waals surface area contributed by atoms with E-state index in [0.29, 0.717) is 0 Å². The molecule has 7 heteroatoms. The standard InChI is InChI=1S/C12H23NO5S/c1-8(11(15)18-6)7-19(16,17)9(2)10(14)13-12(3,4)5/h8-9H,7H2,1-6H3,(H,13,14). The molecule has 112 valence electrons. The van der Waals surface area contributed by atoms with Gasteiger partial charge in [0.25, 0.3) is 0 Å². The molecule has 19 heavy (non-hydrogen) atoms. The monoisotopic (exact) mass is 293 g/mol. The fraction of sp³-hybridized carbons (Fsp3) is 0.833. The van der Waals surface area contributed by atoms with Gasteiger partial charge in [0.05, 0.1) is 18.8 Å². The highest BCUT2D eigenvalue weighted by Crippen LogP contribution is 2.11. The van der Waals surface area contributed by atoms with Gasteiger partial charge in [-0.2, -0.15) is 0 Å². The zero-order valence-corrected chi connectivity index (χ0v) is 13.1. The van der Waals surface area contributed by atoms with E-state index in [1.54, 1.807) is 20.8 Å². The Balaban J connectivity index is 4.83. The predicted octanol–water partition coefficient (Wildman–Crippen LogP) is 0.514. The molecule has 0 saturated heterocycles. The molecule has 0 aromatic heterocycles. The summed E-state index contributed by atoms with van der Waals surface area (Å²) in [7, 11) is -2.50. The smallest absolute Gasteiger partial charge is 0.309 e. The number of methoxy groups -OCH3 is 1. The second-order valence-electron chi connectivity index (χ2n) is 5.64. The molecule has 0 fully saturated rings. The number of rotatable bonds is 5. The summed E-state index contributed by atoms with van der Waals surface area (Å²) in [4.78, 5) is 23.0. The highest BCUT2D eigenvalue weighted by Gasteiger charge is 2.33. The van der Waals surface area contributed by atoms with Gasteiger partial charge >= 0.3 is 5.97 Å². The van der Waals surface area contributed by atoms with Crippen molar-refractivity contribution in [1.82, 2.24) is 5.32 Å². The van der Waals surface area contributed by atoms with E-state index < -0.39 is 44.2 Å². The van der Waals surface area contributed by atoms with E-state index in [4.69, 9.17) is 0 Å². The number of sulfone groups is 1. The van der Waals surface area contributed by atoms with Gasteiger partial charge in [0.1, 0.15) is 5.25 Å². The van der Waals surface area contributed by atoms with Crippen LogP contribution in [0.2, 0.25) is 0 Å². The SMILES string of the molecule is COC(=O)C(C)CS(=O)(=O)C(C)C(=O)NC(C)(C)C. The van der Waals surface area contributed by atoms with Gasteiger partial charge in [-0.3, -0.25) is 9.59 Å². The molecule has 0 spiro atoms. The van der Waals surface area contributed by atoms with E-state index in [2.05, 4.69) is 10.1 Å². The van der Waals surface area contributed by atoms with Crippen LogP contribution in [0.3, 0.4) is 0 Å². The Morgan fingerprint density at radius 3 is 2.05 bits per heavy atom. The topological polar surface area (TPSA) is 89.5 Å². The summed E-state index contributed by atoms with van der Waals surface area (Å²) < 4.78 is 28.5. The fourth-order valence-electron chi connectivity index (χ4n) is 1.40. The molecule has 0 aliphatic heterocycles. The quantitative estimate of drug-likeness (QED) is 0.746. The Morgan fingerprint density at radius 1 is 1.21 bits per heavy atom. The molecule has 0 aliphatic carbocycles. The largest absolute Gasteiger partial charge is 0.469 e. The molecule has 1 amide bonds. The average molecular weight is 293 g/mol. The second-order valence-corrected chi connectivity index (χ2v) is 8.00. The molecular weight excluding hydrogens is 270 g/mol. The van der Waals surface area contributed by atoms with Crippen LogP contribution in [0.1, 0.15) is 34.6 Å². The Bertz CT molecular complexity index is 436. The summed E-state index contributed by atoms with van der Waals surface area (Å²) in [6, 6.07) is 0. The Hall–Kier alpha value is -1.11. The van der Waals surface area contributed by atoms with Crippen molar-refractivity contribution in [1.29, 1.82) is 0 Å². The molecule has 0 heterocycles. The number of nitrogens with one attached hydrogen (secondary N) is 1. The lowest BCUT2D eigenvalue weighted by Crippen LogP contribution is -2.48. The second kappa shape index (κ2) is 6.36. The maximum atomic E-state index is 12.0. The normalized spacial score (nSPS) is 15.5. The Labute approximate surface area is 114 Å². The number of ether oxygens (including phenoxy) is 1. The van der Waals surface area contributed by atoms with Crippen molar-refractivity contribution in [3.63, 3.8) is 0 Å². The van der Waals surface area contributed by atoms with Gasteiger partial charge in [-0.05, 0) is 27.7 Å². The Morgan fingerprint density at radius 2 is 1.68 bits per heavy atom. The molecule has 0 saturated carbocycles. The van der Waals surface area contributed by atoms with E-state index >= 15 is 0 Å². The molecule has 0 rings (SSSR count). The molecule has 2 atom stereocenters. The lowest BCUT2D eigenvalue weighted by atomic mass is 10.1. The van der Waals surface area contributed by atoms with Gasteiger partial charge in [-0.25, -0.2) is 8.42 Å². The van der Waals surface area contributed by atoms with Crippen LogP contribution in [-0.2, 0) is 24.2 Å². The molecule has 0 aromatic carbocycles. The third-order valence-electron chi connectivity index (χ3n) is 2.49. The third kappa shape index (κ3) is 6.04. The molecular formula is C12H23NO5S. The number of hydrogen-bond acceptors (Lipinski definition) is 5. The summed E-state index contributed by atoms with van der Waals surface area (Å²) in [5, 5.41) is 1.41. The van der Waals surface area contributed by atoms with Crippen LogP contribution < -0.4 is 5.32 Å². The summed E-state index contributed by atoms with van der Waals surface area (Å²) in [6.07, 6.45) is 0. The minimum absolute atomic E-state index is 0.404. The van der Waals surface area contributed by atoms with Gasteiger partial charge in [-0.1, -0.05) is 6.92 Å². The maximum absolute atomic E-state index is 12.0. The third-order valence-corrected chi connectivity index (χ3v) is 4.75. The van der Waals surface area contributed by atoms with Gasteiger partial charge < -0.3 is 10.1 Å². The number of esters is 1. The van der Waals surface area contributed by atoms with Crippen molar-refractivity contribution in [3.05, 3.63) is 0 Å². The van der Waals surface area contributed by atoms with Gasteiger partial charge in [0, 0.05) is 5.54 Å². The first-order valence-corrected chi connectivity index (χ1v) is 7.73. The van der Waals surface area contributed by atoms with Crippen LogP contribution >= 0.6 is 0 Å². The molecule has 6 nitrogen and oxygen atoms in total. The lowest BCUT2D eigenvalue weighted by Gasteiger charge is -2.23. The fourth-order valence-corrected chi connectivity index (χ4v) is 2.90. The molecule has 0 aromatic rings. The van der Waals surface area contributed by atoms with Crippen molar-refractivity contribution >= 4 is 21.7 Å². The van der Waals surface area contributed by atoms with Crippen LogP contribution in [0.15, 0.2) is 0 Å². The molecule has 2 unspecified atom stereocenters. The van der Waals surface area contributed by atoms with E-state index in [0.717, 1.165) is 0 Å². The Kier molecular flexibility index (Phi) is 5.99. The van der Waals surface area contributed by atoms with Crippen molar-refractivity contribution in [2.24, 2.45) is 5.92 Å². The number of amides is 1. The van der Waals surface area contributed by atoms with E-state index in [1.165, 1.54) is 21.0 Å². The van der Waals surface area contributed by atoms with Crippen LogP contribution in [0.25, 0.3) is 0 Å². The zero-order chi connectivity index (χ0) is 15.4. The van der Waals surface area contributed by atoms with Crippen LogP contribution in [0, 0.1) is 5.92 Å². The average Bonchev–Trinajstić information content (AvgIpc) is 2.23. The summed E-state index contributed by atoms with van der Waals surface area (Å²) in [5.74, 6) is -2.37. The first-order valence-electron chi connectivity index (χ1n) is 6.02. The highest BCUT2D eigenvalue weighted by molar-refractivity contribution is 7.92. The van der Waals surface area contributed by atoms with Crippen LogP contribution in [0.4, 0.5) is 0 Å². The van der Waals surface area contributed by atoms with E-state index in [1.807, 2.05) is 0 Å². The zero-order valence-electron chi connectivity index (χ0n) is 12.3. The van der Waals surface area contributed by atoms with E-state index in [9.17, 15) is 18.0 Å². The van der Waals surface area contributed by atoms with Crippen LogP contribution in [0.5, 0.6) is 0 Å². The minimum Gasteiger partial charge on any atom is -0.469 e. The van der Waals surface area contributed by atoms with E-state index in [-0.39, 0.29) is 0 Å². The predicted molar refractivity (Wildman–Crippen MR) is 72.3 cm³/mol. The summed E-state index contributed by atoms with van der Waals surface area (Å²) in [6.45, 7) is 8.07. The molecule has 0 bridgehead atoms. The number of hydrogen-bond donors (Lipinski definition) is 1. The van der Waals surface area contributed by atoms with Crippen molar-refractivity contribution in [2.75, 3.05) is 12.9 Å². The minimum atomic E-state index is -3.70. The van der Waals surface area contributed by atoms with Crippen LogP contribution in [-0.4, -0.2) is 43.9 Å². The number of carbonyl (C=O) groups excluding carboxylic acids is 2. The van der Waals surface area contributed by atoms with Gasteiger partial charge in [0.2, 0.25) is 5.91 Å². The van der Waals surface area contributed by atoms with Gasteiger partial charge in [-0.15, -0.1) is 0 Å². The highest BCUT2D eigenvalue weighted by atomic mass is 32.2. The summed E-state index contributed by atoms with van der Waals surface area (Å²) in [5.41, 5.74) is -0.505. The van der Waals surface area contributed by atoms with Crippen molar-refractivity contribution in [3.8, 4) is 0 Å². The first kappa shape index (κ1) is 17.9. The van der Waals surface area contributed by atoms with Gasteiger partial charge in [0.15, 0.2) is 9.84 Å². The molecule has 1 N–H and O–H groups in total. The lowest BCUT2D eigenvalue weighted by molar-refractivity contribution is -0.144. The first-order chi connectivity index (χ1) is 8.40. The maximum Gasteiger partial charge on any atom is 0.309 e. The summed E-state index contributed by atoms with van der Waals surface area (Å²) >= 11 is 0. The molecule has 0 aliphatic rings. The van der Waals surface area contributed by atoms with Crippen molar-refractivity contribution in [2.45, 2.75) is 45.4 Å². The number of carbonyl (C=O) groups is 2. The van der Waals surface area contributed by atoms with Crippen molar-refractivity contribution < 1.29 is 22.7 Å². The molecule has 0 radical (unpaired) electrons.